The number of fused-ring (bicyclic) bond motifs is 18. The van der Waals surface area contributed by atoms with Crippen LogP contribution in [0.5, 0.6) is 0 Å². The van der Waals surface area contributed by atoms with Crippen LogP contribution in [0.2, 0.25) is 0 Å². The van der Waals surface area contributed by atoms with Gasteiger partial charge in [0, 0.05) is 217 Å². The van der Waals surface area contributed by atoms with Gasteiger partial charge in [0.2, 0.25) is 0 Å². The van der Waals surface area contributed by atoms with Gasteiger partial charge in [-0.05, 0) is 283 Å². The normalized spacial score (nSPS) is 11.5. The second-order valence-corrected chi connectivity index (χ2v) is 41.8. The minimum atomic E-state index is 0.874. The summed E-state index contributed by atoms with van der Waals surface area (Å²) in [5.41, 5.74) is 28.5. The lowest BCUT2D eigenvalue weighted by atomic mass is 10.0. The minimum absolute atomic E-state index is 0.874. The van der Waals surface area contributed by atoms with Crippen molar-refractivity contribution < 1.29 is 8.83 Å². The Bertz CT molecular complexity index is 9880. The lowest BCUT2D eigenvalue weighted by molar-refractivity contribution is 0.668. The van der Waals surface area contributed by atoms with Crippen molar-refractivity contribution in [2.45, 2.75) is 0 Å². The van der Waals surface area contributed by atoms with Crippen LogP contribution in [0, 0.1) is 0 Å². The van der Waals surface area contributed by atoms with Crippen LogP contribution in [0.15, 0.2) is 567 Å². The first-order chi connectivity index (χ1) is 74.3. The van der Waals surface area contributed by atoms with E-state index in [4.69, 9.17) is 8.83 Å². The van der Waals surface area contributed by atoms with Crippen LogP contribution >= 0.6 is 45.3 Å². The van der Waals surface area contributed by atoms with Crippen LogP contribution < -0.4 is 29.4 Å². The molecule has 0 atom stereocenters. The molecule has 0 unspecified atom stereocenters. The highest BCUT2D eigenvalue weighted by atomic mass is 32.1. The molecule has 8 nitrogen and oxygen atoms in total. The average Bonchev–Trinajstić information content (AvgIpc) is 1.59. The largest absolute Gasteiger partial charge is 0.456 e. The van der Waals surface area contributed by atoms with Crippen LogP contribution in [0.25, 0.3) is 147 Å². The average molecular weight is 1990 g/mol. The Morgan fingerprint density at radius 2 is 0.307 bits per heavy atom. The van der Waals surface area contributed by atoms with Crippen molar-refractivity contribution in [3.05, 3.63) is 558 Å². The fraction of sp³-hybridized carbons (Fsp3) is 0. The van der Waals surface area contributed by atoms with E-state index in [0.29, 0.717) is 0 Å². The summed E-state index contributed by atoms with van der Waals surface area (Å²) in [6, 6.07) is 200. The molecule has 23 aromatic carbocycles. The van der Waals surface area contributed by atoms with Crippen LogP contribution in [0.4, 0.5) is 102 Å². The van der Waals surface area contributed by atoms with Crippen LogP contribution in [0.1, 0.15) is 0 Å². The summed E-state index contributed by atoms with van der Waals surface area (Å²) in [5, 5.41) is 14.7. The molecule has 0 bridgehead atoms. The summed E-state index contributed by atoms with van der Waals surface area (Å²) in [6.07, 6.45) is 0. The zero-order valence-electron chi connectivity index (χ0n) is 81.2. The van der Waals surface area contributed by atoms with E-state index in [1.165, 1.54) is 103 Å². The van der Waals surface area contributed by atoms with Crippen molar-refractivity contribution in [3.8, 4) is 22.3 Å². The first-order valence-corrected chi connectivity index (χ1v) is 53.7. The number of hydrogen-bond donors (Lipinski definition) is 0. The van der Waals surface area contributed by atoms with E-state index in [2.05, 4.69) is 563 Å². The summed E-state index contributed by atoms with van der Waals surface area (Å²) < 4.78 is 22.9. The number of hydrogen-bond acceptors (Lipinski definition) is 12. The smallest absolute Gasteiger partial charge is 0.137 e. The highest BCUT2D eigenvalue weighted by molar-refractivity contribution is 7.27. The van der Waals surface area contributed by atoms with Gasteiger partial charge in [-0.2, -0.15) is 0 Å². The Kier molecular flexibility index (Phi) is 23.7. The molecule has 0 N–H and O–H groups in total. The fourth-order valence-corrected chi connectivity index (χ4v) is 25.7. The molecule has 710 valence electrons. The molecule has 29 rings (SSSR count). The summed E-state index contributed by atoms with van der Waals surface area (Å²) in [6.45, 7) is 0. The van der Waals surface area contributed by atoms with Gasteiger partial charge < -0.3 is 38.2 Å². The summed E-state index contributed by atoms with van der Waals surface area (Å²) in [4.78, 5) is 14.1. The summed E-state index contributed by atoms with van der Waals surface area (Å²) in [5.74, 6) is 0. The van der Waals surface area contributed by atoms with E-state index in [0.717, 1.165) is 146 Å². The van der Waals surface area contributed by atoms with Crippen molar-refractivity contribution in [1.29, 1.82) is 0 Å². The van der Waals surface area contributed by atoms with Crippen molar-refractivity contribution >= 4 is 272 Å². The quantitative estimate of drug-likeness (QED) is 0.0748. The molecule has 0 amide bonds. The molecular weight excluding hydrogens is 1900 g/mol. The second kappa shape index (κ2) is 39.4. The van der Waals surface area contributed by atoms with Crippen molar-refractivity contribution in [2.75, 3.05) is 29.4 Å². The van der Waals surface area contributed by atoms with Gasteiger partial charge in [0.1, 0.15) is 22.3 Å². The molecule has 0 aliphatic carbocycles. The molecule has 0 saturated carbocycles. The van der Waals surface area contributed by atoms with Crippen molar-refractivity contribution in [3.63, 3.8) is 0 Å². The van der Waals surface area contributed by atoms with E-state index in [1.54, 1.807) is 0 Å². The molecule has 0 radical (unpaired) electrons. The lowest BCUT2D eigenvalue weighted by Gasteiger charge is -2.26. The zero-order chi connectivity index (χ0) is 99.3. The van der Waals surface area contributed by atoms with Gasteiger partial charge in [0.05, 0.1) is 0 Å². The predicted molar refractivity (Wildman–Crippen MR) is 644 cm³/mol. The van der Waals surface area contributed by atoms with E-state index in [-0.39, 0.29) is 0 Å². The van der Waals surface area contributed by atoms with Crippen LogP contribution in [0.3, 0.4) is 0 Å². The number of furan rings is 2. The number of para-hydroxylation sites is 9. The maximum Gasteiger partial charge on any atom is 0.137 e. The first-order valence-electron chi connectivity index (χ1n) is 50.4. The van der Waals surface area contributed by atoms with E-state index >= 15 is 0 Å². The third-order valence-electron chi connectivity index (χ3n) is 28.3. The molecule has 6 aromatic heterocycles. The van der Waals surface area contributed by atoms with Gasteiger partial charge >= 0.3 is 0 Å². The molecule has 29 aromatic rings. The van der Waals surface area contributed by atoms with Gasteiger partial charge in [0.25, 0.3) is 0 Å². The van der Waals surface area contributed by atoms with Crippen LogP contribution in [-0.4, -0.2) is 0 Å². The van der Waals surface area contributed by atoms with Gasteiger partial charge in [-0.15, -0.1) is 45.3 Å². The molecule has 12 heteroatoms. The Morgan fingerprint density at radius 3 is 0.653 bits per heavy atom. The third-order valence-corrected chi connectivity index (χ3v) is 32.8. The number of nitrogens with zero attached hydrogens (tertiary/aromatic N) is 6. The molecule has 0 aliphatic heterocycles. The standard InChI is InChI=1S/C48H32N2OS.C48H32N2S2.C42H28N2OS/c1-4-13-33(14-5-1)34-15-12-20-37(29-34)50(39-23-26-42-41-21-10-11-22-45(41)51-46(42)31-39)38-25-28-47-44(30-38)43-27-24-40(32-48(43)52-47)49(35-16-6-2-7-17-35)36-18-8-3-9-19-36;1-4-12-33(13-5-1)34-20-22-37(23-21-34)50(38-25-28-46-43(30-38)41-18-10-11-19-45(41)51-46)39-26-29-47-44(31-39)42-27-24-40(32-48(42)52-47)49(35-14-6-2-7-15-35)36-16-8-3-9-17-36;1-4-12-29(13-5-1)43(30-14-6-2-7-15-30)32-22-25-41-38(26-32)37-24-21-34(28-42(37)46-41)44(31-16-8-3-9-17-31)33-20-23-36-35-18-10-11-19-39(35)45-40(36)27-33/h2*1-32H;1-28H. The molecule has 0 saturated heterocycles. The maximum atomic E-state index is 6.39. The highest BCUT2D eigenvalue weighted by Gasteiger charge is 2.26. The molecule has 0 aliphatic rings. The third kappa shape index (κ3) is 17.3. The second-order valence-electron chi connectivity index (χ2n) is 37.4. The Hall–Kier alpha value is -18.7. The Labute approximate surface area is 883 Å². The number of benzene rings is 23. The monoisotopic (exact) mass is 1990 g/mol. The molecule has 0 spiro atoms. The van der Waals surface area contributed by atoms with Gasteiger partial charge in [0.15, 0.2) is 0 Å². The van der Waals surface area contributed by atoms with Crippen molar-refractivity contribution in [2.24, 2.45) is 0 Å². The van der Waals surface area contributed by atoms with Gasteiger partial charge in [-0.3, -0.25) is 0 Å². The molecule has 150 heavy (non-hydrogen) atoms. The Balaban J connectivity index is 0.000000111. The van der Waals surface area contributed by atoms with Gasteiger partial charge in [-0.25, -0.2) is 0 Å². The van der Waals surface area contributed by atoms with E-state index in [9.17, 15) is 0 Å². The molecule has 0 fully saturated rings. The topological polar surface area (TPSA) is 45.7 Å². The summed E-state index contributed by atoms with van der Waals surface area (Å²) in [7, 11) is 0. The number of anilines is 18. The molecule has 6 heterocycles. The van der Waals surface area contributed by atoms with E-state index < -0.39 is 0 Å². The van der Waals surface area contributed by atoms with Gasteiger partial charge in [-0.1, -0.05) is 285 Å². The SMILES string of the molecule is c1ccc(-c2ccc(N(c3ccc4sc5ccccc5c4c3)c3ccc4sc5cc(N(c6ccccc6)c6ccccc6)ccc5c4c3)cc2)cc1.c1ccc(-c2cccc(N(c3ccc4c(c3)oc3ccccc34)c3ccc4sc5cc(N(c6ccccc6)c6ccccc6)ccc5c4c3)c2)cc1.c1ccc(N(c2ccc3c(c2)oc2ccccc23)c2ccc3c(c2)sc2ccc(N(c4ccccc4)c4ccccc4)cc23)cc1. The number of thiophene rings is 4. The minimum Gasteiger partial charge on any atom is -0.456 e. The maximum absolute atomic E-state index is 6.39. The van der Waals surface area contributed by atoms with Crippen LogP contribution in [-0.2, 0) is 0 Å². The Morgan fingerprint density at radius 1 is 0.107 bits per heavy atom. The number of rotatable bonds is 20. The fourth-order valence-electron chi connectivity index (χ4n) is 21.3. The predicted octanol–water partition coefficient (Wildman–Crippen LogP) is 42.5. The lowest BCUT2D eigenvalue weighted by Crippen LogP contribution is -2.10. The highest BCUT2D eigenvalue weighted by Crippen LogP contribution is 2.52. The zero-order valence-corrected chi connectivity index (χ0v) is 84.5. The first kappa shape index (κ1) is 90.1. The molecular formula is C138H92N6O2S4. The summed E-state index contributed by atoms with van der Waals surface area (Å²) >= 11 is 7.39. The van der Waals surface area contributed by atoms with Crippen molar-refractivity contribution in [1.82, 2.24) is 0 Å². The van der Waals surface area contributed by atoms with E-state index in [1.807, 2.05) is 69.6 Å².